The number of alkyl halides is 3. The molecular formula is C21H23ClF3N5O2S. The maximum absolute atomic E-state index is 13.4. The standard InChI is InChI=1S/C21H23ClF3N5O2S/c22-13-4-3-11(8-12(13)21(23,24)25)30-14-5-7-27-19-15(14)16(29-20(30)32)17(33-19)18(31)28-10-2-1-6-26-9-10/h3-4,8,10,14-15,19,26-27H,1-2,5-7,9H2,(H,28,31)(H,29,32)/t10-,14?,15?,19?/m1/s1. The largest absolute Gasteiger partial charge is 0.417 e. The summed E-state index contributed by atoms with van der Waals surface area (Å²) >= 11 is 7.15. The van der Waals surface area contributed by atoms with Gasteiger partial charge in [0.2, 0.25) is 0 Å². The molecule has 4 aliphatic rings. The number of nitrogens with one attached hydrogen (secondary N) is 4. The van der Waals surface area contributed by atoms with Gasteiger partial charge in [-0.05, 0) is 50.6 Å². The van der Waals surface area contributed by atoms with Gasteiger partial charge in [0.1, 0.15) is 0 Å². The maximum Gasteiger partial charge on any atom is 0.417 e. The molecule has 0 aliphatic carbocycles. The predicted octanol–water partition coefficient (Wildman–Crippen LogP) is 3.02. The third-order valence-electron chi connectivity index (χ3n) is 6.51. The Morgan fingerprint density at radius 1 is 1.24 bits per heavy atom. The highest BCUT2D eigenvalue weighted by Crippen LogP contribution is 2.48. The monoisotopic (exact) mass is 501 g/mol. The summed E-state index contributed by atoms with van der Waals surface area (Å²) in [5, 5.41) is 11.9. The summed E-state index contributed by atoms with van der Waals surface area (Å²) in [5.41, 5.74) is -0.303. The lowest BCUT2D eigenvalue weighted by Crippen LogP contribution is -2.62. The predicted molar refractivity (Wildman–Crippen MR) is 120 cm³/mol. The number of halogens is 4. The van der Waals surface area contributed by atoms with Crippen molar-refractivity contribution in [2.24, 2.45) is 5.92 Å². The lowest BCUT2D eigenvalue weighted by Gasteiger charge is -2.46. The van der Waals surface area contributed by atoms with Gasteiger partial charge in [-0.2, -0.15) is 13.2 Å². The van der Waals surface area contributed by atoms with Crippen molar-refractivity contribution < 1.29 is 22.8 Å². The molecule has 3 unspecified atom stereocenters. The van der Waals surface area contributed by atoms with E-state index in [1.165, 1.54) is 22.7 Å². The fourth-order valence-corrected chi connectivity index (χ4v) is 6.65. The first-order chi connectivity index (χ1) is 15.7. The molecule has 0 radical (unpaired) electrons. The Balaban J connectivity index is 1.45. The summed E-state index contributed by atoms with van der Waals surface area (Å²) in [4.78, 5) is 28.0. The Labute approximate surface area is 197 Å². The number of amides is 3. The number of rotatable bonds is 3. The van der Waals surface area contributed by atoms with E-state index in [0.717, 1.165) is 31.5 Å². The highest BCUT2D eigenvalue weighted by molar-refractivity contribution is 8.04. The van der Waals surface area contributed by atoms with Gasteiger partial charge in [0.15, 0.2) is 0 Å². The molecule has 4 heterocycles. The van der Waals surface area contributed by atoms with Crippen molar-refractivity contribution in [1.29, 1.82) is 0 Å². The molecule has 4 atom stereocenters. The SMILES string of the molecule is O=C(N[C@@H]1CCCNC1)C1=C2NC(=O)N(c3ccc(Cl)c(C(F)(F)F)c3)C3CCNC(S1)C23. The first kappa shape index (κ1) is 22.8. The zero-order valence-electron chi connectivity index (χ0n) is 17.5. The summed E-state index contributed by atoms with van der Waals surface area (Å²) < 4.78 is 40.3. The van der Waals surface area contributed by atoms with Gasteiger partial charge in [0.05, 0.1) is 26.9 Å². The Morgan fingerprint density at radius 2 is 2.06 bits per heavy atom. The molecule has 3 fully saturated rings. The molecule has 1 aromatic carbocycles. The van der Waals surface area contributed by atoms with Crippen molar-refractivity contribution in [3.63, 3.8) is 0 Å². The average molecular weight is 502 g/mol. The van der Waals surface area contributed by atoms with Crippen LogP contribution >= 0.6 is 23.4 Å². The van der Waals surface area contributed by atoms with Gasteiger partial charge in [0.25, 0.3) is 5.91 Å². The molecular weight excluding hydrogens is 479 g/mol. The van der Waals surface area contributed by atoms with Gasteiger partial charge >= 0.3 is 12.2 Å². The van der Waals surface area contributed by atoms with Crippen LogP contribution in [0.1, 0.15) is 24.8 Å². The van der Waals surface area contributed by atoms with Crippen molar-refractivity contribution in [2.45, 2.75) is 42.9 Å². The molecule has 4 N–H and O–H groups in total. The Bertz CT molecular complexity index is 1010. The van der Waals surface area contributed by atoms with E-state index in [0.29, 0.717) is 30.1 Å². The fourth-order valence-electron chi connectivity index (χ4n) is 5.03. The number of carbonyl (C=O) groups is 2. The molecule has 0 bridgehead atoms. The molecule has 1 aromatic rings. The number of nitrogens with zero attached hydrogens (tertiary/aromatic N) is 1. The Kier molecular flexibility index (Phi) is 6.00. The highest BCUT2D eigenvalue weighted by atomic mass is 35.5. The Hall–Kier alpha value is -1.95. The van der Waals surface area contributed by atoms with E-state index >= 15 is 0 Å². The van der Waals surface area contributed by atoms with E-state index < -0.39 is 22.8 Å². The second-order valence-electron chi connectivity index (χ2n) is 8.60. The van der Waals surface area contributed by atoms with Gasteiger partial charge in [0, 0.05) is 29.9 Å². The average Bonchev–Trinajstić information content (AvgIpc) is 3.14. The van der Waals surface area contributed by atoms with E-state index in [9.17, 15) is 22.8 Å². The second kappa shape index (κ2) is 8.68. The van der Waals surface area contributed by atoms with Crippen LogP contribution in [0.25, 0.3) is 0 Å². The Morgan fingerprint density at radius 3 is 2.79 bits per heavy atom. The number of hydrogen-bond donors (Lipinski definition) is 4. The lowest BCUT2D eigenvalue weighted by atomic mass is 9.86. The smallest absolute Gasteiger partial charge is 0.348 e. The molecule has 5 rings (SSSR count). The highest BCUT2D eigenvalue weighted by Gasteiger charge is 2.52. The molecule has 12 heteroatoms. The van der Waals surface area contributed by atoms with Crippen molar-refractivity contribution in [3.8, 4) is 0 Å². The van der Waals surface area contributed by atoms with Crippen molar-refractivity contribution >= 4 is 41.0 Å². The van der Waals surface area contributed by atoms with Crippen LogP contribution in [-0.2, 0) is 11.0 Å². The van der Waals surface area contributed by atoms with E-state index in [4.69, 9.17) is 11.6 Å². The number of anilines is 1. The summed E-state index contributed by atoms with van der Waals surface area (Å²) in [7, 11) is 0. The van der Waals surface area contributed by atoms with Crippen LogP contribution < -0.4 is 26.2 Å². The third kappa shape index (κ3) is 4.20. The van der Waals surface area contributed by atoms with Gasteiger partial charge in [-0.25, -0.2) is 4.79 Å². The number of piperidine rings is 2. The molecule has 3 amide bonds. The number of benzene rings is 1. The zero-order chi connectivity index (χ0) is 23.3. The first-order valence-electron chi connectivity index (χ1n) is 10.9. The van der Waals surface area contributed by atoms with Crippen LogP contribution in [0.3, 0.4) is 0 Å². The number of thioether (sulfide) groups is 1. The second-order valence-corrected chi connectivity index (χ2v) is 10.2. The molecule has 0 spiro atoms. The van der Waals surface area contributed by atoms with Gasteiger partial charge in [-0.3, -0.25) is 9.69 Å². The van der Waals surface area contributed by atoms with E-state index in [1.54, 1.807) is 0 Å². The van der Waals surface area contributed by atoms with Crippen LogP contribution in [0.15, 0.2) is 28.8 Å². The summed E-state index contributed by atoms with van der Waals surface area (Å²) in [5.74, 6) is -0.463. The minimum atomic E-state index is -4.64. The van der Waals surface area contributed by atoms with E-state index in [1.807, 2.05) is 0 Å². The molecule has 0 aromatic heterocycles. The van der Waals surface area contributed by atoms with Crippen molar-refractivity contribution in [3.05, 3.63) is 39.4 Å². The summed E-state index contributed by atoms with van der Waals surface area (Å²) in [6.07, 6.45) is -2.23. The van der Waals surface area contributed by atoms with Gasteiger partial charge in [-0.15, -0.1) is 0 Å². The van der Waals surface area contributed by atoms with Crippen LogP contribution in [-0.4, -0.2) is 49.0 Å². The molecule has 0 saturated carbocycles. The normalized spacial score (nSPS) is 29.6. The molecule has 4 aliphatic heterocycles. The molecule has 7 nitrogen and oxygen atoms in total. The summed E-state index contributed by atoms with van der Waals surface area (Å²) in [6.45, 7) is 2.21. The quantitative estimate of drug-likeness (QED) is 0.511. The van der Waals surface area contributed by atoms with Crippen LogP contribution in [0, 0.1) is 5.92 Å². The van der Waals surface area contributed by atoms with Crippen LogP contribution in [0.4, 0.5) is 23.7 Å². The third-order valence-corrected chi connectivity index (χ3v) is 8.20. The van der Waals surface area contributed by atoms with Gasteiger partial charge < -0.3 is 21.3 Å². The zero-order valence-corrected chi connectivity index (χ0v) is 19.0. The number of hydrogen-bond acceptors (Lipinski definition) is 5. The molecule has 3 saturated heterocycles. The summed E-state index contributed by atoms with van der Waals surface area (Å²) in [6, 6.07) is 2.61. The van der Waals surface area contributed by atoms with Crippen LogP contribution in [0.5, 0.6) is 0 Å². The fraction of sp³-hybridized carbons (Fsp3) is 0.524. The van der Waals surface area contributed by atoms with Crippen molar-refractivity contribution in [1.82, 2.24) is 21.3 Å². The minimum Gasteiger partial charge on any atom is -0.348 e. The molecule has 33 heavy (non-hydrogen) atoms. The number of urea groups is 1. The lowest BCUT2D eigenvalue weighted by molar-refractivity contribution is -0.137. The van der Waals surface area contributed by atoms with E-state index in [-0.39, 0.29) is 35.0 Å². The van der Waals surface area contributed by atoms with Crippen molar-refractivity contribution in [2.75, 3.05) is 24.5 Å². The molecule has 178 valence electrons. The first-order valence-corrected chi connectivity index (χ1v) is 12.1. The minimum absolute atomic E-state index is 0.0250. The van der Waals surface area contributed by atoms with Crippen LogP contribution in [0.2, 0.25) is 5.02 Å². The van der Waals surface area contributed by atoms with Gasteiger partial charge in [-0.1, -0.05) is 23.4 Å². The van der Waals surface area contributed by atoms with E-state index in [2.05, 4.69) is 21.3 Å². The number of carbonyl (C=O) groups excluding carboxylic acids is 2. The topological polar surface area (TPSA) is 85.5 Å². The maximum atomic E-state index is 13.4.